The van der Waals surface area contributed by atoms with Crippen LogP contribution in [0.1, 0.15) is 72.2 Å². The molecule has 226 valence electrons. The minimum absolute atomic E-state index is 0.0651. The Balaban J connectivity index is 1.70. The van der Waals surface area contributed by atoms with Crippen LogP contribution in [-0.4, -0.2) is 0 Å². The second-order valence-corrected chi connectivity index (χ2v) is 13.6. The Morgan fingerprint density at radius 3 is 1.54 bits per heavy atom. The van der Waals surface area contributed by atoms with Crippen molar-refractivity contribution in [2.45, 2.75) is 41.5 Å². The van der Waals surface area contributed by atoms with Crippen molar-refractivity contribution in [3.8, 4) is 0 Å². The van der Waals surface area contributed by atoms with Crippen LogP contribution in [0, 0.1) is 25.2 Å². The summed E-state index contributed by atoms with van der Waals surface area (Å²) < 4.78 is 0. The van der Waals surface area contributed by atoms with Crippen LogP contribution in [-0.2, 0) is 0 Å². The molecule has 0 aliphatic heterocycles. The molecular formula is C46H42. The van der Waals surface area contributed by atoms with Crippen LogP contribution in [0.25, 0.3) is 16.7 Å². The second-order valence-electron chi connectivity index (χ2n) is 13.6. The molecule has 5 aromatic carbocycles. The molecule has 1 fully saturated rings. The average molecular weight is 595 g/mol. The van der Waals surface area contributed by atoms with Crippen molar-refractivity contribution in [3.05, 3.63) is 206 Å². The van der Waals surface area contributed by atoms with E-state index in [-0.39, 0.29) is 11.3 Å². The minimum atomic E-state index is -0.222. The van der Waals surface area contributed by atoms with E-state index in [1.54, 1.807) is 0 Å². The van der Waals surface area contributed by atoms with Crippen molar-refractivity contribution in [1.29, 1.82) is 0 Å². The quantitative estimate of drug-likeness (QED) is 0.194. The van der Waals surface area contributed by atoms with Gasteiger partial charge in [0.1, 0.15) is 0 Å². The normalized spacial score (nSPS) is 16.8. The minimum Gasteiger partial charge on any atom is -0.0720 e. The fourth-order valence-corrected chi connectivity index (χ4v) is 8.01. The molecule has 1 unspecified atom stereocenters. The molecule has 0 amide bonds. The van der Waals surface area contributed by atoms with E-state index >= 15 is 0 Å². The molecule has 2 aliphatic carbocycles. The maximum absolute atomic E-state index is 2.59. The van der Waals surface area contributed by atoms with Crippen molar-refractivity contribution in [3.63, 3.8) is 0 Å². The SMILES string of the molecule is CC(C)=C1C(=C(c2ccc(C)cc2)c2ccc(C)cc2)C2C=C(c3ccccc3)c3ccccc3C(c3ccccc3)=C2C1(C)C. The van der Waals surface area contributed by atoms with Gasteiger partial charge in [0, 0.05) is 11.3 Å². The predicted octanol–water partition coefficient (Wildman–Crippen LogP) is 12.0. The highest BCUT2D eigenvalue weighted by molar-refractivity contribution is 5.99. The van der Waals surface area contributed by atoms with E-state index in [9.17, 15) is 0 Å². The third kappa shape index (κ3) is 5.03. The predicted molar refractivity (Wildman–Crippen MR) is 196 cm³/mol. The van der Waals surface area contributed by atoms with Crippen LogP contribution in [0.15, 0.2) is 162 Å². The molecule has 0 aromatic heterocycles. The van der Waals surface area contributed by atoms with Crippen LogP contribution >= 0.6 is 0 Å². The Morgan fingerprint density at radius 2 is 1.02 bits per heavy atom. The molecule has 0 heterocycles. The lowest BCUT2D eigenvalue weighted by Gasteiger charge is -2.28. The fraction of sp³-hybridized carbons (Fsp3) is 0.174. The summed E-state index contributed by atoms with van der Waals surface area (Å²) in [6.45, 7) is 13.9. The van der Waals surface area contributed by atoms with E-state index in [4.69, 9.17) is 0 Å². The zero-order valence-electron chi connectivity index (χ0n) is 27.9. The standard InChI is InChI=1S/C46H42/c1-30(2)44-43(41(35-25-21-31(3)22-26-35)36-27-23-32(4)24-28-36)40-29-39(33-15-9-7-10-16-33)37-19-13-14-20-38(37)42(45(40)46(44,5)6)34-17-11-8-12-18-34/h7-29,40H,1-6H3. The van der Waals surface area contributed by atoms with Gasteiger partial charge in [-0.1, -0.05) is 170 Å². The van der Waals surface area contributed by atoms with Gasteiger partial charge in [0.15, 0.2) is 0 Å². The van der Waals surface area contributed by atoms with Gasteiger partial charge in [-0.2, -0.15) is 0 Å². The van der Waals surface area contributed by atoms with Crippen LogP contribution in [0.3, 0.4) is 0 Å². The topological polar surface area (TPSA) is 0 Å². The molecule has 0 nitrogen and oxygen atoms in total. The van der Waals surface area contributed by atoms with Crippen LogP contribution < -0.4 is 0 Å². The summed E-state index contributed by atoms with van der Waals surface area (Å²) in [4.78, 5) is 0. The van der Waals surface area contributed by atoms with Gasteiger partial charge >= 0.3 is 0 Å². The van der Waals surface area contributed by atoms with Gasteiger partial charge < -0.3 is 0 Å². The van der Waals surface area contributed by atoms with Gasteiger partial charge in [-0.3, -0.25) is 0 Å². The fourth-order valence-electron chi connectivity index (χ4n) is 8.01. The lowest BCUT2D eigenvalue weighted by Crippen LogP contribution is -2.15. The van der Waals surface area contributed by atoms with Crippen LogP contribution in [0.5, 0.6) is 0 Å². The number of fused-ring (bicyclic) bond motifs is 2. The zero-order valence-corrected chi connectivity index (χ0v) is 27.9. The highest BCUT2D eigenvalue weighted by Crippen LogP contribution is 2.62. The molecule has 0 bridgehead atoms. The van der Waals surface area contributed by atoms with Gasteiger partial charge in [-0.05, 0) is 94.5 Å². The first-order chi connectivity index (χ1) is 22.3. The lowest BCUT2D eigenvalue weighted by atomic mass is 9.75. The molecule has 0 saturated heterocycles. The zero-order chi connectivity index (χ0) is 32.0. The second kappa shape index (κ2) is 11.8. The summed E-state index contributed by atoms with van der Waals surface area (Å²) in [7, 11) is 0. The van der Waals surface area contributed by atoms with Crippen molar-refractivity contribution in [1.82, 2.24) is 0 Å². The van der Waals surface area contributed by atoms with Crippen LogP contribution in [0.4, 0.5) is 0 Å². The number of allylic oxidation sites excluding steroid dienone is 5. The van der Waals surface area contributed by atoms with Gasteiger partial charge in [0.2, 0.25) is 0 Å². The Morgan fingerprint density at radius 1 is 0.543 bits per heavy atom. The summed E-state index contributed by atoms with van der Waals surface area (Å²) in [5.41, 5.74) is 19.6. The molecule has 0 radical (unpaired) electrons. The van der Waals surface area contributed by atoms with E-state index in [0.29, 0.717) is 0 Å². The lowest BCUT2D eigenvalue weighted by molar-refractivity contribution is 0.561. The Kier molecular flexibility index (Phi) is 7.61. The van der Waals surface area contributed by atoms with Gasteiger partial charge in [-0.25, -0.2) is 0 Å². The van der Waals surface area contributed by atoms with E-state index in [0.717, 1.165) is 0 Å². The number of hydrogen-bond acceptors (Lipinski definition) is 0. The van der Waals surface area contributed by atoms with Gasteiger partial charge in [0.25, 0.3) is 0 Å². The Labute approximate surface area is 275 Å². The molecule has 0 spiro atoms. The molecule has 1 saturated carbocycles. The van der Waals surface area contributed by atoms with Crippen molar-refractivity contribution in [2.24, 2.45) is 11.3 Å². The van der Waals surface area contributed by atoms with Crippen LogP contribution in [0.2, 0.25) is 0 Å². The van der Waals surface area contributed by atoms with Gasteiger partial charge in [-0.15, -0.1) is 0 Å². The molecule has 7 rings (SSSR count). The van der Waals surface area contributed by atoms with E-state index in [1.807, 2.05) is 0 Å². The molecule has 5 aromatic rings. The number of hydrogen-bond donors (Lipinski definition) is 0. The molecule has 1 atom stereocenters. The van der Waals surface area contributed by atoms with Crippen molar-refractivity contribution >= 4 is 16.7 Å². The number of aryl methyl sites for hydroxylation is 2. The third-order valence-electron chi connectivity index (χ3n) is 9.88. The highest BCUT2D eigenvalue weighted by Gasteiger charge is 2.48. The average Bonchev–Trinajstić information content (AvgIpc) is 3.18. The third-order valence-corrected chi connectivity index (χ3v) is 9.88. The summed E-state index contributed by atoms with van der Waals surface area (Å²) in [5, 5.41) is 0. The number of rotatable bonds is 4. The van der Waals surface area contributed by atoms with Gasteiger partial charge in [0.05, 0.1) is 0 Å². The van der Waals surface area contributed by atoms with Crippen molar-refractivity contribution < 1.29 is 0 Å². The molecule has 0 heteroatoms. The first kappa shape index (κ1) is 29.8. The monoisotopic (exact) mass is 594 g/mol. The number of benzene rings is 5. The summed E-state index contributed by atoms with van der Waals surface area (Å²) in [6, 6.07) is 49.4. The van der Waals surface area contributed by atoms with E-state index in [1.165, 1.54) is 83.5 Å². The van der Waals surface area contributed by atoms with Crippen molar-refractivity contribution in [2.75, 3.05) is 0 Å². The molecule has 2 aliphatic rings. The first-order valence-electron chi connectivity index (χ1n) is 16.5. The highest BCUT2D eigenvalue weighted by atomic mass is 14.5. The maximum Gasteiger partial charge on any atom is 0.0265 e. The smallest absolute Gasteiger partial charge is 0.0265 e. The molecule has 46 heavy (non-hydrogen) atoms. The molecular weight excluding hydrogens is 553 g/mol. The summed E-state index contributed by atoms with van der Waals surface area (Å²) >= 11 is 0. The largest absolute Gasteiger partial charge is 0.0720 e. The van der Waals surface area contributed by atoms with E-state index < -0.39 is 0 Å². The molecule has 0 N–H and O–H groups in total. The summed E-state index contributed by atoms with van der Waals surface area (Å²) in [5.74, 6) is 0.0651. The maximum atomic E-state index is 2.59. The van der Waals surface area contributed by atoms with E-state index in [2.05, 4.69) is 181 Å². The Bertz CT molecular complexity index is 1990. The Hall–Kier alpha value is -4.94. The first-order valence-corrected chi connectivity index (χ1v) is 16.5. The summed E-state index contributed by atoms with van der Waals surface area (Å²) in [6.07, 6.45) is 2.59.